The third-order valence-corrected chi connectivity index (χ3v) is 2.71. The van der Waals surface area contributed by atoms with Crippen LogP contribution in [-0.2, 0) is 0 Å². The molecule has 0 fully saturated rings. The molecule has 0 bridgehead atoms. The summed E-state index contributed by atoms with van der Waals surface area (Å²) in [6.07, 6.45) is 6.03. The molecule has 84 valence electrons. The monoisotopic (exact) mass is 199 g/mol. The van der Waals surface area contributed by atoms with Gasteiger partial charge in [-0.25, -0.2) is 0 Å². The van der Waals surface area contributed by atoms with Crippen molar-refractivity contribution in [2.75, 3.05) is 13.1 Å². The summed E-state index contributed by atoms with van der Waals surface area (Å²) in [5.74, 6) is 0.446. The zero-order valence-corrected chi connectivity index (χ0v) is 9.63. The number of hydrogen-bond acceptors (Lipinski definition) is 2. The molecule has 0 saturated carbocycles. The molecule has 0 aromatic heterocycles. The third kappa shape index (κ3) is 6.17. The molecule has 0 aromatic carbocycles. The minimum Gasteiger partial charge on any atom is -0.392 e. The zero-order valence-electron chi connectivity index (χ0n) is 9.63. The molecule has 0 aliphatic heterocycles. The minimum absolute atomic E-state index is 0.186. The van der Waals surface area contributed by atoms with E-state index in [4.69, 9.17) is 0 Å². The fourth-order valence-corrected chi connectivity index (χ4v) is 1.62. The van der Waals surface area contributed by atoms with Gasteiger partial charge in [0, 0.05) is 6.54 Å². The van der Waals surface area contributed by atoms with Gasteiger partial charge < -0.3 is 10.4 Å². The smallest absolute Gasteiger partial charge is 0.0692 e. The molecule has 0 radical (unpaired) electrons. The fourth-order valence-electron chi connectivity index (χ4n) is 1.62. The molecule has 0 spiro atoms. The van der Waals surface area contributed by atoms with E-state index in [0.29, 0.717) is 5.92 Å². The quantitative estimate of drug-likeness (QED) is 0.441. The Morgan fingerprint density at radius 2 is 2.00 bits per heavy atom. The second-order valence-electron chi connectivity index (χ2n) is 3.78. The van der Waals surface area contributed by atoms with Crippen LogP contribution in [0.15, 0.2) is 12.7 Å². The van der Waals surface area contributed by atoms with Crippen molar-refractivity contribution < 1.29 is 5.11 Å². The summed E-state index contributed by atoms with van der Waals surface area (Å²) >= 11 is 0. The Kier molecular flexibility index (Phi) is 9.00. The number of hydrogen-bond donors (Lipinski definition) is 2. The number of aliphatic hydroxyl groups is 1. The molecule has 2 nitrogen and oxygen atoms in total. The van der Waals surface area contributed by atoms with Crippen molar-refractivity contribution in [1.29, 1.82) is 0 Å². The van der Waals surface area contributed by atoms with Crippen molar-refractivity contribution in [3.05, 3.63) is 12.7 Å². The van der Waals surface area contributed by atoms with E-state index >= 15 is 0 Å². The summed E-state index contributed by atoms with van der Waals surface area (Å²) in [7, 11) is 0. The lowest BCUT2D eigenvalue weighted by Crippen LogP contribution is -2.32. The van der Waals surface area contributed by atoms with E-state index < -0.39 is 0 Å². The first-order valence-corrected chi connectivity index (χ1v) is 5.75. The molecule has 0 aliphatic rings. The molecule has 1 atom stereocenters. The second kappa shape index (κ2) is 9.22. The maximum Gasteiger partial charge on any atom is 0.0692 e. The van der Waals surface area contributed by atoms with E-state index in [1.807, 2.05) is 6.08 Å². The Balaban J connectivity index is 3.41. The standard InChI is InChI=1S/C12H25NO/c1-4-7-8-9-13-10-12(14)11(5-2)6-3/h4,11-14H,1,5-10H2,2-3H3. The molecule has 0 amide bonds. The van der Waals surface area contributed by atoms with Gasteiger partial charge in [-0.1, -0.05) is 32.8 Å². The first-order chi connectivity index (χ1) is 6.76. The molecular formula is C12H25NO. The molecule has 0 aromatic rings. The van der Waals surface area contributed by atoms with Gasteiger partial charge in [0.2, 0.25) is 0 Å². The van der Waals surface area contributed by atoms with Crippen LogP contribution in [-0.4, -0.2) is 24.3 Å². The predicted octanol–water partition coefficient (Wildman–Crippen LogP) is 2.34. The largest absolute Gasteiger partial charge is 0.392 e. The Labute approximate surface area is 88.4 Å². The molecule has 2 heteroatoms. The fraction of sp³-hybridized carbons (Fsp3) is 0.833. The number of unbranched alkanes of at least 4 members (excludes halogenated alkanes) is 1. The molecule has 14 heavy (non-hydrogen) atoms. The Morgan fingerprint density at radius 1 is 1.36 bits per heavy atom. The van der Waals surface area contributed by atoms with Crippen molar-refractivity contribution in [2.24, 2.45) is 5.92 Å². The van der Waals surface area contributed by atoms with Gasteiger partial charge >= 0.3 is 0 Å². The van der Waals surface area contributed by atoms with Crippen LogP contribution in [0.3, 0.4) is 0 Å². The Bertz CT molecular complexity index is 132. The summed E-state index contributed by atoms with van der Waals surface area (Å²) < 4.78 is 0. The lowest BCUT2D eigenvalue weighted by atomic mass is 9.96. The summed E-state index contributed by atoms with van der Waals surface area (Å²) in [5, 5.41) is 13.1. The average molecular weight is 199 g/mol. The highest BCUT2D eigenvalue weighted by atomic mass is 16.3. The summed E-state index contributed by atoms with van der Waals surface area (Å²) in [5.41, 5.74) is 0. The Hall–Kier alpha value is -0.340. The van der Waals surface area contributed by atoms with Crippen molar-refractivity contribution in [2.45, 2.75) is 45.6 Å². The molecule has 2 N–H and O–H groups in total. The molecule has 0 saturated heterocycles. The van der Waals surface area contributed by atoms with Crippen LogP contribution in [0.25, 0.3) is 0 Å². The lowest BCUT2D eigenvalue weighted by Gasteiger charge is -2.20. The summed E-state index contributed by atoms with van der Waals surface area (Å²) in [6.45, 7) is 9.64. The van der Waals surface area contributed by atoms with Crippen LogP contribution in [0, 0.1) is 5.92 Å². The molecule has 0 rings (SSSR count). The van der Waals surface area contributed by atoms with Gasteiger partial charge in [-0.3, -0.25) is 0 Å². The van der Waals surface area contributed by atoms with Gasteiger partial charge in [0.05, 0.1) is 6.10 Å². The van der Waals surface area contributed by atoms with Gasteiger partial charge in [-0.2, -0.15) is 0 Å². The van der Waals surface area contributed by atoms with Crippen molar-refractivity contribution in [3.8, 4) is 0 Å². The highest BCUT2D eigenvalue weighted by molar-refractivity contribution is 4.70. The molecule has 1 unspecified atom stereocenters. The topological polar surface area (TPSA) is 32.3 Å². The van der Waals surface area contributed by atoms with E-state index in [1.54, 1.807) is 0 Å². The van der Waals surface area contributed by atoms with Crippen LogP contribution in [0.2, 0.25) is 0 Å². The second-order valence-corrected chi connectivity index (χ2v) is 3.78. The van der Waals surface area contributed by atoms with Crippen LogP contribution in [0.5, 0.6) is 0 Å². The van der Waals surface area contributed by atoms with Gasteiger partial charge in [-0.05, 0) is 25.3 Å². The van der Waals surface area contributed by atoms with Gasteiger partial charge in [-0.15, -0.1) is 6.58 Å². The maximum atomic E-state index is 9.78. The van der Waals surface area contributed by atoms with E-state index in [-0.39, 0.29) is 6.10 Å². The first kappa shape index (κ1) is 13.7. The highest BCUT2D eigenvalue weighted by Gasteiger charge is 2.14. The van der Waals surface area contributed by atoms with Crippen molar-refractivity contribution in [1.82, 2.24) is 5.32 Å². The summed E-state index contributed by atoms with van der Waals surface area (Å²) in [4.78, 5) is 0. The number of allylic oxidation sites excluding steroid dienone is 1. The van der Waals surface area contributed by atoms with Crippen LogP contribution < -0.4 is 5.32 Å². The zero-order chi connectivity index (χ0) is 10.8. The van der Waals surface area contributed by atoms with Crippen LogP contribution in [0.1, 0.15) is 39.5 Å². The lowest BCUT2D eigenvalue weighted by molar-refractivity contribution is 0.102. The minimum atomic E-state index is -0.186. The van der Waals surface area contributed by atoms with Crippen LogP contribution >= 0.6 is 0 Å². The van der Waals surface area contributed by atoms with E-state index in [1.165, 1.54) is 0 Å². The molecule has 0 aliphatic carbocycles. The maximum absolute atomic E-state index is 9.78. The van der Waals surface area contributed by atoms with E-state index in [2.05, 4.69) is 25.7 Å². The first-order valence-electron chi connectivity index (χ1n) is 5.75. The number of nitrogens with one attached hydrogen (secondary N) is 1. The third-order valence-electron chi connectivity index (χ3n) is 2.71. The SMILES string of the molecule is C=CCCCNCC(O)C(CC)CC. The highest BCUT2D eigenvalue weighted by Crippen LogP contribution is 2.12. The van der Waals surface area contributed by atoms with Crippen LogP contribution in [0.4, 0.5) is 0 Å². The number of aliphatic hydroxyl groups excluding tert-OH is 1. The normalized spacial score (nSPS) is 13.1. The number of rotatable bonds is 9. The van der Waals surface area contributed by atoms with E-state index in [9.17, 15) is 5.11 Å². The average Bonchev–Trinajstić information content (AvgIpc) is 2.19. The van der Waals surface area contributed by atoms with Crippen molar-refractivity contribution in [3.63, 3.8) is 0 Å². The van der Waals surface area contributed by atoms with Crippen molar-refractivity contribution >= 4 is 0 Å². The van der Waals surface area contributed by atoms with E-state index in [0.717, 1.165) is 38.8 Å². The molecule has 0 heterocycles. The van der Waals surface area contributed by atoms with Gasteiger partial charge in [0.25, 0.3) is 0 Å². The molecular weight excluding hydrogens is 174 g/mol. The Morgan fingerprint density at radius 3 is 2.50 bits per heavy atom. The van der Waals surface area contributed by atoms with Gasteiger partial charge in [0.15, 0.2) is 0 Å². The summed E-state index contributed by atoms with van der Waals surface area (Å²) in [6, 6.07) is 0. The van der Waals surface area contributed by atoms with Gasteiger partial charge in [0.1, 0.15) is 0 Å². The predicted molar refractivity (Wildman–Crippen MR) is 62.4 cm³/mol.